The van der Waals surface area contributed by atoms with Crippen molar-refractivity contribution in [3.05, 3.63) is 59.7 Å². The van der Waals surface area contributed by atoms with E-state index in [1.54, 1.807) is 48.5 Å². The number of hydrogen-bond donors (Lipinski definition) is 1. The molecule has 0 amide bonds. The van der Waals surface area contributed by atoms with Gasteiger partial charge in [-0.15, -0.1) is 0 Å². The summed E-state index contributed by atoms with van der Waals surface area (Å²) in [6.07, 6.45) is 2.26. The fourth-order valence-electron chi connectivity index (χ4n) is 2.17. The minimum atomic E-state index is -3.65. The van der Waals surface area contributed by atoms with Gasteiger partial charge in [0, 0.05) is 17.7 Å². The molecule has 2 aromatic carbocycles. The van der Waals surface area contributed by atoms with Crippen molar-refractivity contribution in [3.8, 4) is 0 Å². The summed E-state index contributed by atoms with van der Waals surface area (Å²) in [6.45, 7) is 3.93. The zero-order valence-corrected chi connectivity index (χ0v) is 14.2. The van der Waals surface area contributed by atoms with Crippen molar-refractivity contribution in [1.29, 1.82) is 0 Å². The summed E-state index contributed by atoms with van der Waals surface area (Å²) in [6, 6.07) is 13.3. The van der Waals surface area contributed by atoms with Gasteiger partial charge in [0.1, 0.15) is 0 Å². The van der Waals surface area contributed by atoms with Crippen molar-refractivity contribution in [1.82, 2.24) is 0 Å². The van der Waals surface area contributed by atoms with Crippen LogP contribution >= 0.6 is 0 Å². The van der Waals surface area contributed by atoms with Crippen molar-refractivity contribution >= 4 is 21.5 Å². The number of hydrogen-bond acceptors (Lipinski definition) is 3. The Hall–Kier alpha value is -2.14. The molecule has 2 rings (SSSR count). The van der Waals surface area contributed by atoms with Crippen LogP contribution in [0.2, 0.25) is 0 Å². The molecule has 0 aliphatic carbocycles. The lowest BCUT2D eigenvalue weighted by molar-refractivity contribution is 0.0980. The number of rotatable bonds is 7. The lowest BCUT2D eigenvalue weighted by Crippen LogP contribution is -2.13. The molecule has 5 heteroatoms. The van der Waals surface area contributed by atoms with Gasteiger partial charge in [-0.3, -0.25) is 9.52 Å². The van der Waals surface area contributed by atoms with Gasteiger partial charge < -0.3 is 0 Å². The predicted octanol–water partition coefficient (Wildman–Crippen LogP) is 4.17. The second kappa shape index (κ2) is 7.42. The van der Waals surface area contributed by atoms with Gasteiger partial charge in [-0.05, 0) is 37.6 Å². The molecule has 0 heterocycles. The average molecular weight is 331 g/mol. The fourth-order valence-corrected chi connectivity index (χ4v) is 3.22. The summed E-state index contributed by atoms with van der Waals surface area (Å²) >= 11 is 0. The van der Waals surface area contributed by atoms with Crippen LogP contribution in [0.15, 0.2) is 53.4 Å². The zero-order chi connectivity index (χ0) is 16.9. The van der Waals surface area contributed by atoms with Gasteiger partial charge in [0.25, 0.3) is 10.0 Å². The Bertz CT molecular complexity index is 780. The molecule has 0 fully saturated rings. The Labute approximate surface area is 137 Å². The lowest BCUT2D eigenvalue weighted by Gasteiger charge is -2.09. The molecular weight excluding hydrogens is 310 g/mol. The molecule has 0 saturated heterocycles. The van der Waals surface area contributed by atoms with E-state index in [-0.39, 0.29) is 10.7 Å². The molecule has 0 unspecified atom stereocenters. The Morgan fingerprint density at radius 3 is 2.43 bits per heavy atom. The summed E-state index contributed by atoms with van der Waals surface area (Å²) < 4.78 is 27.3. The maximum absolute atomic E-state index is 12.4. The van der Waals surface area contributed by atoms with E-state index in [2.05, 4.69) is 4.72 Å². The van der Waals surface area contributed by atoms with E-state index in [1.165, 1.54) is 0 Å². The highest BCUT2D eigenvalue weighted by Crippen LogP contribution is 2.19. The molecule has 23 heavy (non-hydrogen) atoms. The van der Waals surface area contributed by atoms with Crippen LogP contribution in [-0.2, 0) is 10.0 Å². The quantitative estimate of drug-likeness (QED) is 0.775. The highest BCUT2D eigenvalue weighted by molar-refractivity contribution is 7.92. The van der Waals surface area contributed by atoms with Crippen LogP contribution in [0.3, 0.4) is 0 Å². The molecule has 0 aliphatic rings. The van der Waals surface area contributed by atoms with Gasteiger partial charge in [-0.1, -0.05) is 43.2 Å². The van der Waals surface area contributed by atoms with E-state index in [1.807, 2.05) is 13.8 Å². The highest BCUT2D eigenvalue weighted by atomic mass is 32.2. The molecule has 122 valence electrons. The second-order valence-corrected chi connectivity index (χ2v) is 7.21. The third kappa shape index (κ3) is 4.66. The van der Waals surface area contributed by atoms with E-state index in [4.69, 9.17) is 0 Å². The molecule has 0 bridgehead atoms. The van der Waals surface area contributed by atoms with Crippen LogP contribution in [0.25, 0.3) is 0 Å². The van der Waals surface area contributed by atoms with Gasteiger partial charge in [0.05, 0.1) is 4.90 Å². The van der Waals surface area contributed by atoms with Gasteiger partial charge in [-0.25, -0.2) is 8.42 Å². The molecule has 0 aliphatic heterocycles. The van der Waals surface area contributed by atoms with E-state index in [0.29, 0.717) is 17.7 Å². The number of carbonyl (C=O) groups is 1. The SMILES string of the molecule is CCCCC(=O)c1cccc(NS(=O)(=O)c2ccc(C)cc2)c1. The van der Waals surface area contributed by atoms with Crippen LogP contribution < -0.4 is 4.72 Å². The molecule has 0 aromatic heterocycles. The van der Waals surface area contributed by atoms with E-state index in [0.717, 1.165) is 18.4 Å². The minimum Gasteiger partial charge on any atom is -0.294 e. The van der Waals surface area contributed by atoms with Crippen molar-refractivity contribution in [2.24, 2.45) is 0 Å². The molecular formula is C18H21NO3S. The first-order valence-corrected chi connectivity index (χ1v) is 9.13. The topological polar surface area (TPSA) is 63.2 Å². The third-order valence-corrected chi connectivity index (χ3v) is 4.92. The first-order valence-electron chi connectivity index (χ1n) is 7.65. The number of ketones is 1. The number of unbranched alkanes of at least 4 members (excludes halogenated alkanes) is 1. The minimum absolute atomic E-state index is 0.0308. The molecule has 0 saturated carbocycles. The van der Waals surface area contributed by atoms with E-state index in [9.17, 15) is 13.2 Å². The summed E-state index contributed by atoms with van der Waals surface area (Å²) in [4.78, 5) is 12.3. The summed E-state index contributed by atoms with van der Waals surface area (Å²) in [5, 5.41) is 0. The van der Waals surface area contributed by atoms with Crippen molar-refractivity contribution in [3.63, 3.8) is 0 Å². The lowest BCUT2D eigenvalue weighted by atomic mass is 10.1. The average Bonchev–Trinajstić information content (AvgIpc) is 2.53. The van der Waals surface area contributed by atoms with Crippen LogP contribution in [0.5, 0.6) is 0 Å². The smallest absolute Gasteiger partial charge is 0.261 e. The number of aryl methyl sites for hydroxylation is 1. The Kier molecular flexibility index (Phi) is 5.55. The summed E-state index contributed by atoms with van der Waals surface area (Å²) in [5.41, 5.74) is 1.92. The standard InChI is InChI=1S/C18H21NO3S/c1-3-4-8-18(20)15-6-5-7-16(13-15)19-23(21,22)17-11-9-14(2)10-12-17/h5-7,9-13,19H,3-4,8H2,1-2H3. The van der Waals surface area contributed by atoms with Crippen LogP contribution in [0.1, 0.15) is 42.1 Å². The largest absolute Gasteiger partial charge is 0.294 e. The van der Waals surface area contributed by atoms with Gasteiger partial charge >= 0.3 is 0 Å². The number of Topliss-reactive ketones (excluding diaryl/α,β-unsaturated/α-hetero) is 1. The molecule has 0 spiro atoms. The Balaban J connectivity index is 2.19. The number of carbonyl (C=O) groups excluding carboxylic acids is 1. The normalized spacial score (nSPS) is 11.2. The van der Waals surface area contributed by atoms with E-state index >= 15 is 0 Å². The highest BCUT2D eigenvalue weighted by Gasteiger charge is 2.14. The van der Waals surface area contributed by atoms with Gasteiger partial charge in [0.2, 0.25) is 0 Å². The molecule has 4 nitrogen and oxygen atoms in total. The number of nitrogens with one attached hydrogen (secondary N) is 1. The molecule has 2 aromatic rings. The Morgan fingerprint density at radius 1 is 1.09 bits per heavy atom. The summed E-state index contributed by atoms with van der Waals surface area (Å²) in [7, 11) is -3.65. The molecule has 0 radical (unpaired) electrons. The predicted molar refractivity (Wildman–Crippen MR) is 92.3 cm³/mol. The number of anilines is 1. The number of sulfonamides is 1. The third-order valence-electron chi connectivity index (χ3n) is 3.53. The van der Waals surface area contributed by atoms with E-state index < -0.39 is 10.0 Å². The first-order chi connectivity index (χ1) is 10.9. The van der Waals surface area contributed by atoms with Gasteiger partial charge in [-0.2, -0.15) is 0 Å². The Morgan fingerprint density at radius 2 is 1.78 bits per heavy atom. The maximum Gasteiger partial charge on any atom is 0.261 e. The summed E-state index contributed by atoms with van der Waals surface area (Å²) in [5.74, 6) is 0.0308. The van der Waals surface area contributed by atoms with Crippen molar-refractivity contribution < 1.29 is 13.2 Å². The van der Waals surface area contributed by atoms with Crippen LogP contribution in [-0.4, -0.2) is 14.2 Å². The fraction of sp³-hybridized carbons (Fsp3) is 0.278. The molecule has 0 atom stereocenters. The maximum atomic E-state index is 12.4. The van der Waals surface area contributed by atoms with Crippen LogP contribution in [0.4, 0.5) is 5.69 Å². The van der Waals surface area contributed by atoms with Crippen molar-refractivity contribution in [2.45, 2.75) is 38.0 Å². The van der Waals surface area contributed by atoms with Crippen LogP contribution in [0, 0.1) is 6.92 Å². The molecule has 1 N–H and O–H groups in total. The second-order valence-electron chi connectivity index (χ2n) is 5.53. The number of benzene rings is 2. The van der Waals surface area contributed by atoms with Crippen molar-refractivity contribution in [2.75, 3.05) is 4.72 Å². The zero-order valence-electron chi connectivity index (χ0n) is 13.4. The monoisotopic (exact) mass is 331 g/mol. The van der Waals surface area contributed by atoms with Gasteiger partial charge in [0.15, 0.2) is 5.78 Å². The first kappa shape index (κ1) is 17.2.